The Hall–Kier alpha value is 0.400. The monoisotopic (exact) mass is 302 g/mol. The van der Waals surface area contributed by atoms with E-state index in [1.54, 1.807) is 0 Å². The fraction of sp³-hybridized carbons (Fsp3) is 0.875. The van der Waals surface area contributed by atoms with Gasteiger partial charge in [0.15, 0.2) is 0 Å². The highest BCUT2D eigenvalue weighted by atomic mass is 32.2. The Morgan fingerprint density at radius 3 is 2.42 bits per heavy atom. The molecule has 2 atom stereocenters. The lowest BCUT2D eigenvalue weighted by atomic mass is 9.98. The molecule has 0 aromatic rings. The molecule has 0 aromatic heterocycles. The van der Waals surface area contributed by atoms with Crippen molar-refractivity contribution >= 4 is 23.5 Å². The van der Waals surface area contributed by atoms with Crippen LogP contribution >= 0.6 is 23.5 Å². The fourth-order valence-electron chi connectivity index (χ4n) is 2.50. The highest BCUT2D eigenvalue weighted by Gasteiger charge is 2.27. The van der Waals surface area contributed by atoms with E-state index in [4.69, 9.17) is 0 Å². The largest absolute Gasteiger partial charge is 0.392 e. The summed E-state index contributed by atoms with van der Waals surface area (Å²) in [4.78, 5) is 0. The van der Waals surface area contributed by atoms with Crippen molar-refractivity contribution in [3.8, 4) is 0 Å². The van der Waals surface area contributed by atoms with Crippen molar-refractivity contribution in [3.63, 3.8) is 0 Å². The SMILES string of the molecule is C=C[C@H](C(O)CCCCCCCC)C1SCCCS1. The van der Waals surface area contributed by atoms with Crippen LogP contribution < -0.4 is 0 Å². The van der Waals surface area contributed by atoms with Crippen molar-refractivity contribution in [2.24, 2.45) is 5.92 Å². The number of rotatable bonds is 10. The molecular weight excluding hydrogens is 272 g/mol. The van der Waals surface area contributed by atoms with E-state index >= 15 is 0 Å². The zero-order chi connectivity index (χ0) is 13.9. The molecule has 1 unspecified atom stereocenters. The van der Waals surface area contributed by atoms with Gasteiger partial charge < -0.3 is 5.11 Å². The molecule has 0 aromatic carbocycles. The summed E-state index contributed by atoms with van der Waals surface area (Å²) >= 11 is 4.01. The van der Waals surface area contributed by atoms with Crippen LogP contribution in [0, 0.1) is 5.92 Å². The molecule has 0 spiro atoms. The molecule has 1 aliphatic rings. The highest BCUT2D eigenvalue weighted by molar-refractivity contribution is 8.17. The maximum absolute atomic E-state index is 10.4. The van der Waals surface area contributed by atoms with Gasteiger partial charge in [-0.15, -0.1) is 30.1 Å². The summed E-state index contributed by atoms with van der Waals surface area (Å²) in [6.45, 7) is 6.19. The Balaban J connectivity index is 2.17. The first kappa shape index (κ1) is 17.5. The van der Waals surface area contributed by atoms with Crippen LogP contribution in [0.3, 0.4) is 0 Å². The van der Waals surface area contributed by atoms with Crippen LogP contribution in [-0.4, -0.2) is 27.3 Å². The van der Waals surface area contributed by atoms with Crippen LogP contribution in [0.2, 0.25) is 0 Å². The van der Waals surface area contributed by atoms with E-state index in [0.29, 0.717) is 4.58 Å². The van der Waals surface area contributed by atoms with Crippen LogP contribution in [0.1, 0.15) is 58.3 Å². The van der Waals surface area contributed by atoms with Crippen molar-refractivity contribution in [2.75, 3.05) is 11.5 Å². The second-order valence-corrected chi connectivity index (χ2v) is 8.20. The highest BCUT2D eigenvalue weighted by Crippen LogP contribution is 2.38. The van der Waals surface area contributed by atoms with Gasteiger partial charge in [0.25, 0.3) is 0 Å². The van der Waals surface area contributed by atoms with Crippen LogP contribution in [-0.2, 0) is 0 Å². The molecule has 1 fully saturated rings. The van der Waals surface area contributed by atoms with Gasteiger partial charge >= 0.3 is 0 Å². The van der Waals surface area contributed by atoms with E-state index in [1.165, 1.54) is 50.0 Å². The fourth-order valence-corrected chi connectivity index (χ4v) is 5.77. The van der Waals surface area contributed by atoms with Crippen LogP contribution in [0.4, 0.5) is 0 Å². The van der Waals surface area contributed by atoms with Crippen molar-refractivity contribution in [1.29, 1.82) is 0 Å². The van der Waals surface area contributed by atoms with E-state index in [-0.39, 0.29) is 12.0 Å². The van der Waals surface area contributed by atoms with Crippen LogP contribution in [0.15, 0.2) is 12.7 Å². The van der Waals surface area contributed by atoms with Gasteiger partial charge in [0.05, 0.1) is 10.7 Å². The second-order valence-electron chi connectivity index (χ2n) is 5.40. The Labute approximate surface area is 128 Å². The predicted molar refractivity (Wildman–Crippen MR) is 91.0 cm³/mol. The Morgan fingerprint density at radius 2 is 1.79 bits per heavy atom. The standard InChI is InChI=1S/C16H30OS2/c1-3-5-6-7-8-9-11-15(17)14(4-2)16-18-12-10-13-19-16/h4,14-17H,2-3,5-13H2,1H3/t14-,15?/m1/s1. The van der Waals surface area contributed by atoms with Crippen molar-refractivity contribution < 1.29 is 5.11 Å². The molecule has 1 rings (SSSR count). The van der Waals surface area contributed by atoms with Gasteiger partial charge in [-0.25, -0.2) is 0 Å². The third kappa shape index (κ3) is 7.10. The number of aliphatic hydroxyl groups is 1. The average Bonchev–Trinajstić information content (AvgIpc) is 2.45. The molecule has 0 amide bonds. The Bertz CT molecular complexity index is 227. The Morgan fingerprint density at radius 1 is 1.16 bits per heavy atom. The van der Waals surface area contributed by atoms with Crippen molar-refractivity contribution in [3.05, 3.63) is 12.7 Å². The summed E-state index contributed by atoms with van der Waals surface area (Å²) in [5.41, 5.74) is 0. The minimum absolute atomic E-state index is 0.188. The summed E-state index contributed by atoms with van der Waals surface area (Å²) in [5, 5.41) is 10.4. The van der Waals surface area contributed by atoms with E-state index in [2.05, 4.69) is 13.5 Å². The molecule has 0 bridgehead atoms. The smallest absolute Gasteiger partial charge is 0.0621 e. The molecule has 1 aliphatic heterocycles. The maximum atomic E-state index is 10.4. The van der Waals surface area contributed by atoms with E-state index in [0.717, 1.165) is 12.8 Å². The lowest BCUT2D eigenvalue weighted by Gasteiger charge is -2.30. The lowest BCUT2D eigenvalue weighted by Crippen LogP contribution is -2.28. The van der Waals surface area contributed by atoms with Crippen LogP contribution in [0.25, 0.3) is 0 Å². The zero-order valence-electron chi connectivity index (χ0n) is 12.4. The van der Waals surface area contributed by atoms with Gasteiger partial charge in [-0.1, -0.05) is 51.5 Å². The number of unbranched alkanes of at least 4 members (excludes halogenated alkanes) is 5. The first-order chi connectivity index (χ1) is 9.29. The van der Waals surface area contributed by atoms with E-state index in [1.807, 2.05) is 29.6 Å². The summed E-state index contributed by atoms with van der Waals surface area (Å²) in [6.07, 6.45) is 11.8. The first-order valence-electron chi connectivity index (χ1n) is 7.83. The number of thioether (sulfide) groups is 2. The van der Waals surface area contributed by atoms with Crippen LogP contribution in [0.5, 0.6) is 0 Å². The molecular formula is C16H30OS2. The summed E-state index contributed by atoms with van der Waals surface area (Å²) in [5.74, 6) is 2.75. The molecule has 1 saturated heterocycles. The number of hydrogen-bond donors (Lipinski definition) is 1. The molecule has 0 aliphatic carbocycles. The predicted octanol–water partition coefficient (Wildman–Crippen LogP) is 5.10. The normalized spacial score (nSPS) is 20.1. The van der Waals surface area contributed by atoms with Gasteiger partial charge in [0.1, 0.15) is 0 Å². The van der Waals surface area contributed by atoms with Crippen molar-refractivity contribution in [2.45, 2.75) is 69.0 Å². The Kier molecular flexibility index (Phi) is 10.2. The topological polar surface area (TPSA) is 20.2 Å². The quantitative estimate of drug-likeness (QED) is 0.448. The maximum Gasteiger partial charge on any atom is 0.0621 e. The second kappa shape index (κ2) is 11.1. The molecule has 3 heteroatoms. The minimum Gasteiger partial charge on any atom is -0.392 e. The summed E-state index contributed by atoms with van der Waals surface area (Å²) < 4.78 is 0.529. The first-order valence-corrected chi connectivity index (χ1v) is 9.93. The number of aliphatic hydroxyl groups excluding tert-OH is 1. The minimum atomic E-state index is -0.188. The van der Waals surface area contributed by atoms with Gasteiger partial charge in [-0.3, -0.25) is 0 Å². The molecule has 0 radical (unpaired) electrons. The summed E-state index contributed by atoms with van der Waals surface area (Å²) in [6, 6.07) is 0. The van der Waals surface area contributed by atoms with E-state index in [9.17, 15) is 5.11 Å². The molecule has 0 saturated carbocycles. The van der Waals surface area contributed by atoms with Gasteiger partial charge in [0, 0.05) is 5.92 Å². The third-order valence-electron chi connectivity index (χ3n) is 3.74. The molecule has 1 N–H and O–H groups in total. The number of hydrogen-bond acceptors (Lipinski definition) is 3. The van der Waals surface area contributed by atoms with Gasteiger partial charge in [-0.2, -0.15) is 0 Å². The van der Waals surface area contributed by atoms with Gasteiger partial charge in [0.2, 0.25) is 0 Å². The average molecular weight is 303 g/mol. The summed E-state index contributed by atoms with van der Waals surface area (Å²) in [7, 11) is 0. The molecule has 19 heavy (non-hydrogen) atoms. The third-order valence-corrected chi connectivity index (χ3v) is 6.89. The molecule has 112 valence electrons. The van der Waals surface area contributed by atoms with E-state index < -0.39 is 0 Å². The van der Waals surface area contributed by atoms with Gasteiger partial charge in [-0.05, 0) is 24.3 Å². The van der Waals surface area contributed by atoms with Crippen molar-refractivity contribution in [1.82, 2.24) is 0 Å². The zero-order valence-corrected chi connectivity index (χ0v) is 14.0. The molecule has 1 heterocycles. The lowest BCUT2D eigenvalue weighted by molar-refractivity contribution is 0.124. The molecule has 1 nitrogen and oxygen atoms in total.